The minimum Gasteiger partial charge on any atom is -0.465 e. The molecule has 0 aliphatic carbocycles. The van der Waals surface area contributed by atoms with Gasteiger partial charge in [0.25, 0.3) is 0 Å². The van der Waals surface area contributed by atoms with Gasteiger partial charge in [0.2, 0.25) is 0 Å². The maximum Gasteiger partial charge on any atom is 0.188 e. The summed E-state index contributed by atoms with van der Waals surface area (Å²) >= 11 is 0. The van der Waals surface area contributed by atoms with Gasteiger partial charge in [-0.2, -0.15) is 0 Å². The minimum atomic E-state index is 0. The van der Waals surface area contributed by atoms with Crippen LogP contribution in [-0.2, 0) is 4.74 Å². The average Bonchev–Trinajstić information content (AvgIpc) is 2.94. The molecule has 1 unspecified atom stereocenters. The van der Waals surface area contributed by atoms with Gasteiger partial charge in [0, 0.05) is 19.6 Å². The Morgan fingerprint density at radius 3 is 2.62 bits per heavy atom. The van der Waals surface area contributed by atoms with Gasteiger partial charge in [0.15, 0.2) is 5.96 Å². The van der Waals surface area contributed by atoms with Gasteiger partial charge < -0.3 is 20.2 Å². The number of hydrogen-bond donors (Lipinski definition) is 2. The second kappa shape index (κ2) is 10.9. The third-order valence-electron chi connectivity index (χ3n) is 4.04. The predicted molar refractivity (Wildman–Crippen MR) is 108 cm³/mol. The van der Waals surface area contributed by atoms with Crippen LogP contribution in [0, 0.1) is 12.8 Å². The molecular formula is C17H31IN4O2. The molecule has 0 amide bonds. The van der Waals surface area contributed by atoms with Crippen LogP contribution >= 0.6 is 24.0 Å². The Morgan fingerprint density at radius 2 is 2.04 bits per heavy atom. The summed E-state index contributed by atoms with van der Waals surface area (Å²) in [5.74, 6) is 3.03. The van der Waals surface area contributed by atoms with Crippen molar-refractivity contribution in [1.82, 2.24) is 10.2 Å². The van der Waals surface area contributed by atoms with Gasteiger partial charge in [-0.1, -0.05) is 13.8 Å². The van der Waals surface area contributed by atoms with Crippen molar-refractivity contribution in [3.8, 4) is 0 Å². The molecule has 7 heteroatoms. The van der Waals surface area contributed by atoms with Gasteiger partial charge in [-0.15, -0.1) is 24.0 Å². The summed E-state index contributed by atoms with van der Waals surface area (Å²) < 4.78 is 11.3. The number of rotatable bonds is 7. The van der Waals surface area contributed by atoms with Crippen LogP contribution in [0.3, 0.4) is 0 Å². The Balaban J connectivity index is 0.00000288. The zero-order chi connectivity index (χ0) is 16.7. The third-order valence-corrected chi connectivity index (χ3v) is 4.04. The van der Waals surface area contributed by atoms with Crippen LogP contribution in [0.15, 0.2) is 21.5 Å². The Bertz CT molecular complexity index is 499. The molecule has 6 nitrogen and oxygen atoms in total. The summed E-state index contributed by atoms with van der Waals surface area (Å²) in [6.07, 6.45) is 1.08. The quantitative estimate of drug-likeness (QED) is 0.380. The second-order valence-electron chi connectivity index (χ2n) is 6.45. The van der Waals surface area contributed by atoms with E-state index in [-0.39, 0.29) is 30.0 Å². The largest absolute Gasteiger partial charge is 0.465 e. The van der Waals surface area contributed by atoms with Crippen LogP contribution in [-0.4, -0.2) is 50.3 Å². The Kier molecular flexibility index (Phi) is 9.68. The molecule has 1 aromatic rings. The van der Waals surface area contributed by atoms with Gasteiger partial charge in [-0.05, 0) is 31.4 Å². The SMILES string of the molecule is Cc1ccc(C(CN=C(N)NCCC(C)C)N2CCOCC2)o1.I. The molecule has 2 rings (SSSR count). The van der Waals surface area contributed by atoms with Gasteiger partial charge in [0.1, 0.15) is 11.5 Å². The van der Waals surface area contributed by atoms with Crippen LogP contribution in [0.1, 0.15) is 37.8 Å². The van der Waals surface area contributed by atoms with Crippen LogP contribution in [0.5, 0.6) is 0 Å². The first-order chi connectivity index (χ1) is 11.1. The molecule has 1 aromatic heterocycles. The molecule has 1 aliphatic heterocycles. The van der Waals surface area contributed by atoms with Crippen molar-refractivity contribution >= 4 is 29.9 Å². The number of nitrogens with one attached hydrogen (secondary N) is 1. The lowest BCUT2D eigenvalue weighted by atomic mass is 10.1. The maximum atomic E-state index is 5.99. The Labute approximate surface area is 162 Å². The molecule has 1 aliphatic rings. The van der Waals surface area contributed by atoms with E-state index in [1.165, 1.54) is 0 Å². The minimum absolute atomic E-state index is 0. The molecule has 0 aromatic carbocycles. The number of nitrogens with zero attached hydrogens (tertiary/aromatic N) is 2. The predicted octanol–water partition coefficient (Wildman–Crippen LogP) is 2.53. The van der Waals surface area contributed by atoms with Crippen molar-refractivity contribution in [2.75, 3.05) is 39.4 Å². The van der Waals surface area contributed by atoms with E-state index in [2.05, 4.69) is 29.1 Å². The van der Waals surface area contributed by atoms with Crippen molar-refractivity contribution < 1.29 is 9.15 Å². The Morgan fingerprint density at radius 1 is 1.33 bits per heavy atom. The molecule has 138 valence electrons. The summed E-state index contributed by atoms with van der Waals surface area (Å²) in [6.45, 7) is 11.1. The molecule has 2 heterocycles. The van der Waals surface area contributed by atoms with Crippen molar-refractivity contribution in [2.24, 2.45) is 16.6 Å². The molecule has 0 spiro atoms. The van der Waals surface area contributed by atoms with Gasteiger partial charge in [-0.3, -0.25) is 9.89 Å². The normalized spacial score (nSPS) is 17.6. The number of morpholine rings is 1. The topological polar surface area (TPSA) is 76.0 Å². The monoisotopic (exact) mass is 450 g/mol. The third kappa shape index (κ3) is 6.98. The zero-order valence-electron chi connectivity index (χ0n) is 15.0. The van der Waals surface area contributed by atoms with E-state index >= 15 is 0 Å². The molecular weight excluding hydrogens is 419 g/mol. The summed E-state index contributed by atoms with van der Waals surface area (Å²) in [5.41, 5.74) is 5.99. The molecule has 0 saturated carbocycles. The highest BCUT2D eigenvalue weighted by Gasteiger charge is 2.25. The molecule has 1 fully saturated rings. The van der Waals surface area contributed by atoms with Crippen molar-refractivity contribution in [1.29, 1.82) is 0 Å². The van der Waals surface area contributed by atoms with E-state index in [0.29, 0.717) is 18.4 Å². The number of guanidine groups is 1. The van der Waals surface area contributed by atoms with Crippen LogP contribution in [0.2, 0.25) is 0 Å². The number of aryl methyl sites for hydroxylation is 1. The summed E-state index contributed by atoms with van der Waals surface area (Å²) in [4.78, 5) is 6.88. The van der Waals surface area contributed by atoms with Gasteiger partial charge in [-0.25, -0.2) is 0 Å². The molecule has 1 atom stereocenters. The molecule has 24 heavy (non-hydrogen) atoms. The highest BCUT2D eigenvalue weighted by molar-refractivity contribution is 14.0. The summed E-state index contributed by atoms with van der Waals surface area (Å²) in [7, 11) is 0. The lowest BCUT2D eigenvalue weighted by Gasteiger charge is -2.32. The van der Waals surface area contributed by atoms with Gasteiger partial charge in [0.05, 0.1) is 25.8 Å². The second-order valence-corrected chi connectivity index (χ2v) is 6.45. The first kappa shape index (κ1) is 21.2. The van der Waals surface area contributed by atoms with E-state index in [4.69, 9.17) is 14.9 Å². The van der Waals surface area contributed by atoms with Crippen LogP contribution < -0.4 is 11.1 Å². The molecule has 1 saturated heterocycles. The van der Waals surface area contributed by atoms with E-state index in [1.54, 1.807) is 0 Å². The Hall–Kier alpha value is -0.800. The molecule has 0 radical (unpaired) electrons. The van der Waals surface area contributed by atoms with Crippen LogP contribution in [0.4, 0.5) is 0 Å². The highest BCUT2D eigenvalue weighted by atomic mass is 127. The number of hydrogen-bond acceptors (Lipinski definition) is 4. The number of ether oxygens (including phenoxy) is 1. The van der Waals surface area contributed by atoms with E-state index in [9.17, 15) is 0 Å². The van der Waals surface area contributed by atoms with E-state index < -0.39 is 0 Å². The van der Waals surface area contributed by atoms with Crippen molar-refractivity contribution in [2.45, 2.75) is 33.2 Å². The van der Waals surface area contributed by atoms with Gasteiger partial charge >= 0.3 is 0 Å². The van der Waals surface area contributed by atoms with E-state index in [1.807, 2.05) is 19.1 Å². The fourth-order valence-electron chi connectivity index (χ4n) is 2.64. The lowest BCUT2D eigenvalue weighted by molar-refractivity contribution is 0.0135. The number of aliphatic imine (C=N–C) groups is 1. The van der Waals surface area contributed by atoms with E-state index in [0.717, 1.165) is 50.8 Å². The van der Waals surface area contributed by atoms with Crippen molar-refractivity contribution in [3.05, 3.63) is 23.7 Å². The maximum absolute atomic E-state index is 5.99. The zero-order valence-corrected chi connectivity index (χ0v) is 17.3. The average molecular weight is 450 g/mol. The van der Waals surface area contributed by atoms with Crippen LogP contribution in [0.25, 0.3) is 0 Å². The fraction of sp³-hybridized carbons (Fsp3) is 0.706. The number of halogens is 1. The first-order valence-corrected chi connectivity index (χ1v) is 8.48. The summed E-state index contributed by atoms with van der Waals surface area (Å²) in [5, 5.41) is 3.18. The number of furan rings is 1. The highest BCUT2D eigenvalue weighted by Crippen LogP contribution is 2.24. The van der Waals surface area contributed by atoms with Crippen molar-refractivity contribution in [3.63, 3.8) is 0 Å². The summed E-state index contributed by atoms with van der Waals surface area (Å²) in [6, 6.07) is 4.14. The molecule has 0 bridgehead atoms. The molecule has 3 N–H and O–H groups in total. The smallest absolute Gasteiger partial charge is 0.188 e. The first-order valence-electron chi connectivity index (χ1n) is 8.48. The number of nitrogens with two attached hydrogens (primary N) is 1. The fourth-order valence-corrected chi connectivity index (χ4v) is 2.64. The lowest BCUT2D eigenvalue weighted by Crippen LogP contribution is -2.41. The standard InChI is InChI=1S/C17H30N4O2.HI/c1-13(2)6-7-19-17(18)20-12-15(16-5-4-14(3)23-16)21-8-10-22-11-9-21;/h4-5,13,15H,6-12H2,1-3H3,(H3,18,19,20);1H.